The number of nitrogens with one attached hydrogen (secondary N) is 1. The quantitative estimate of drug-likeness (QED) is 0.699. The summed E-state index contributed by atoms with van der Waals surface area (Å²) in [4.78, 5) is 13.5. The lowest BCUT2D eigenvalue weighted by Gasteiger charge is -2.09. The van der Waals surface area contributed by atoms with Gasteiger partial charge in [0.05, 0.1) is 5.56 Å². The van der Waals surface area contributed by atoms with Gasteiger partial charge >= 0.3 is 0 Å². The minimum absolute atomic E-state index is 0.0165. The van der Waals surface area contributed by atoms with Crippen LogP contribution in [0.1, 0.15) is 10.4 Å². The summed E-state index contributed by atoms with van der Waals surface area (Å²) in [6, 6.07) is 18.5. The molecular weight excluding hydrogens is 294 g/mol. The van der Waals surface area contributed by atoms with E-state index in [4.69, 9.17) is 0 Å². The highest BCUT2D eigenvalue weighted by Gasteiger charge is 2.12. The number of hydrogen-bond acceptors (Lipinski definition) is 3. The van der Waals surface area contributed by atoms with Gasteiger partial charge in [-0.05, 0) is 47.4 Å². The summed E-state index contributed by atoms with van der Waals surface area (Å²) in [5.74, 6) is -0.335. The largest absolute Gasteiger partial charge is 0.507 e. The molecule has 110 valence electrons. The molecule has 3 aromatic rings. The molecule has 0 aliphatic carbocycles. The molecule has 0 fully saturated rings. The van der Waals surface area contributed by atoms with Crippen LogP contribution in [0.5, 0.6) is 5.75 Å². The summed E-state index contributed by atoms with van der Waals surface area (Å²) in [5.41, 5.74) is 0.984. The Morgan fingerprint density at radius 1 is 1.00 bits per heavy atom. The van der Waals surface area contributed by atoms with E-state index >= 15 is 0 Å². The maximum Gasteiger partial charge on any atom is 0.259 e. The third-order valence-corrected chi connectivity index (χ3v) is 4.16. The molecule has 0 heterocycles. The summed E-state index contributed by atoms with van der Waals surface area (Å²) in [6.45, 7) is 0. The summed E-state index contributed by atoms with van der Waals surface area (Å²) in [6.07, 6.45) is 1.98. The van der Waals surface area contributed by atoms with Crippen molar-refractivity contribution < 1.29 is 9.90 Å². The number of anilines is 1. The van der Waals surface area contributed by atoms with Crippen molar-refractivity contribution in [2.75, 3.05) is 11.6 Å². The summed E-state index contributed by atoms with van der Waals surface area (Å²) in [5, 5.41) is 14.7. The van der Waals surface area contributed by atoms with E-state index in [1.165, 1.54) is 0 Å². The highest BCUT2D eigenvalue weighted by Crippen LogP contribution is 2.26. The van der Waals surface area contributed by atoms with Crippen LogP contribution in [0.3, 0.4) is 0 Å². The minimum Gasteiger partial charge on any atom is -0.507 e. The number of phenols is 1. The predicted octanol–water partition coefficient (Wildman–Crippen LogP) is 4.52. The van der Waals surface area contributed by atoms with Gasteiger partial charge in [0.25, 0.3) is 5.91 Å². The van der Waals surface area contributed by atoms with Crippen molar-refractivity contribution in [3.8, 4) is 5.75 Å². The standard InChI is InChI=1S/C18H15NO2S/c1-22-15-8-4-7-14(11-15)19-18(21)16-9-12-5-2-3-6-13(12)10-17(16)20/h2-11,20H,1H3,(H,19,21). The van der Waals surface area contributed by atoms with Crippen molar-refractivity contribution in [2.24, 2.45) is 0 Å². The normalized spacial score (nSPS) is 10.6. The van der Waals surface area contributed by atoms with Crippen molar-refractivity contribution in [1.29, 1.82) is 0 Å². The number of benzene rings is 3. The van der Waals surface area contributed by atoms with Crippen molar-refractivity contribution in [3.05, 3.63) is 66.2 Å². The maximum absolute atomic E-state index is 12.4. The molecule has 2 N–H and O–H groups in total. The Hall–Kier alpha value is -2.46. The van der Waals surface area contributed by atoms with Crippen LogP contribution in [-0.4, -0.2) is 17.3 Å². The average Bonchev–Trinajstić information content (AvgIpc) is 2.54. The summed E-state index contributed by atoms with van der Waals surface area (Å²) in [7, 11) is 0. The van der Waals surface area contributed by atoms with E-state index in [1.54, 1.807) is 23.9 Å². The Balaban J connectivity index is 1.92. The zero-order valence-electron chi connectivity index (χ0n) is 12.0. The molecule has 0 aliphatic heterocycles. The van der Waals surface area contributed by atoms with E-state index in [-0.39, 0.29) is 17.2 Å². The molecule has 0 bridgehead atoms. The van der Waals surface area contributed by atoms with Gasteiger partial charge in [0.2, 0.25) is 0 Å². The molecule has 0 radical (unpaired) electrons. The fraction of sp³-hybridized carbons (Fsp3) is 0.0556. The number of rotatable bonds is 3. The second kappa shape index (κ2) is 6.12. The van der Waals surface area contributed by atoms with E-state index in [0.29, 0.717) is 5.69 Å². The van der Waals surface area contributed by atoms with Crippen LogP contribution in [-0.2, 0) is 0 Å². The molecule has 0 aliphatic rings. The topological polar surface area (TPSA) is 49.3 Å². The van der Waals surface area contributed by atoms with Crippen LogP contribution in [0.2, 0.25) is 0 Å². The molecule has 4 heteroatoms. The zero-order chi connectivity index (χ0) is 15.5. The molecule has 0 saturated carbocycles. The molecule has 3 rings (SSSR count). The molecule has 0 atom stereocenters. The average molecular weight is 309 g/mol. The second-order valence-corrected chi connectivity index (χ2v) is 5.78. The second-order valence-electron chi connectivity index (χ2n) is 4.90. The number of fused-ring (bicyclic) bond motifs is 1. The van der Waals surface area contributed by atoms with Gasteiger partial charge < -0.3 is 10.4 Å². The molecule has 1 amide bonds. The number of phenolic OH excluding ortho intramolecular Hbond substituents is 1. The Morgan fingerprint density at radius 2 is 1.73 bits per heavy atom. The van der Waals surface area contributed by atoms with Gasteiger partial charge in [-0.1, -0.05) is 30.3 Å². The minimum atomic E-state index is -0.318. The zero-order valence-corrected chi connectivity index (χ0v) is 12.9. The van der Waals surface area contributed by atoms with Crippen molar-refractivity contribution >= 4 is 34.1 Å². The van der Waals surface area contributed by atoms with E-state index in [9.17, 15) is 9.90 Å². The first-order valence-electron chi connectivity index (χ1n) is 6.84. The van der Waals surface area contributed by atoms with Gasteiger partial charge in [-0.3, -0.25) is 4.79 Å². The predicted molar refractivity (Wildman–Crippen MR) is 91.8 cm³/mol. The SMILES string of the molecule is CSc1cccc(NC(=O)c2cc3ccccc3cc2O)c1. The Morgan fingerprint density at radius 3 is 2.45 bits per heavy atom. The fourth-order valence-corrected chi connectivity index (χ4v) is 2.77. The van der Waals surface area contributed by atoms with Gasteiger partial charge in [-0.15, -0.1) is 11.8 Å². The molecule has 0 spiro atoms. The molecule has 0 unspecified atom stereocenters. The van der Waals surface area contributed by atoms with Gasteiger partial charge in [0, 0.05) is 10.6 Å². The van der Waals surface area contributed by atoms with E-state index in [2.05, 4.69) is 5.32 Å². The highest BCUT2D eigenvalue weighted by molar-refractivity contribution is 7.98. The van der Waals surface area contributed by atoms with Crippen LogP contribution < -0.4 is 5.32 Å². The monoisotopic (exact) mass is 309 g/mol. The Kier molecular flexibility index (Phi) is 4.02. The molecule has 3 aromatic carbocycles. The molecule has 0 aromatic heterocycles. The summed E-state index contributed by atoms with van der Waals surface area (Å²) >= 11 is 1.61. The van der Waals surface area contributed by atoms with Crippen LogP contribution >= 0.6 is 11.8 Å². The first-order valence-corrected chi connectivity index (χ1v) is 8.07. The molecule has 3 nitrogen and oxygen atoms in total. The lowest BCUT2D eigenvalue weighted by atomic mass is 10.1. The third-order valence-electron chi connectivity index (χ3n) is 3.44. The molecule has 0 saturated heterocycles. The number of amides is 1. The molecule has 22 heavy (non-hydrogen) atoms. The lowest BCUT2D eigenvalue weighted by molar-refractivity contribution is 0.102. The van der Waals surface area contributed by atoms with E-state index < -0.39 is 0 Å². The van der Waals surface area contributed by atoms with Gasteiger partial charge in [0.1, 0.15) is 5.75 Å². The van der Waals surface area contributed by atoms with Crippen LogP contribution in [0.15, 0.2) is 65.6 Å². The van der Waals surface area contributed by atoms with E-state index in [1.807, 2.05) is 54.8 Å². The van der Waals surface area contributed by atoms with Gasteiger partial charge in [-0.2, -0.15) is 0 Å². The van der Waals surface area contributed by atoms with Crippen LogP contribution in [0, 0.1) is 0 Å². The number of aromatic hydroxyl groups is 1. The van der Waals surface area contributed by atoms with Crippen LogP contribution in [0.25, 0.3) is 10.8 Å². The Labute approximate surface area is 133 Å². The van der Waals surface area contributed by atoms with Gasteiger partial charge in [0.15, 0.2) is 0 Å². The number of carbonyl (C=O) groups is 1. The maximum atomic E-state index is 12.4. The van der Waals surface area contributed by atoms with E-state index in [0.717, 1.165) is 15.7 Å². The first-order chi connectivity index (χ1) is 10.7. The fourth-order valence-electron chi connectivity index (χ4n) is 2.31. The van der Waals surface area contributed by atoms with Crippen molar-refractivity contribution in [2.45, 2.75) is 4.90 Å². The lowest BCUT2D eigenvalue weighted by Crippen LogP contribution is -2.12. The number of carbonyl (C=O) groups excluding carboxylic acids is 1. The first kappa shape index (κ1) is 14.5. The number of thioether (sulfide) groups is 1. The van der Waals surface area contributed by atoms with Crippen molar-refractivity contribution in [3.63, 3.8) is 0 Å². The number of hydrogen-bond donors (Lipinski definition) is 2. The van der Waals surface area contributed by atoms with Gasteiger partial charge in [-0.25, -0.2) is 0 Å². The summed E-state index contributed by atoms with van der Waals surface area (Å²) < 4.78 is 0. The van der Waals surface area contributed by atoms with Crippen LogP contribution in [0.4, 0.5) is 5.69 Å². The molecular formula is C18H15NO2S. The smallest absolute Gasteiger partial charge is 0.259 e. The van der Waals surface area contributed by atoms with Crippen molar-refractivity contribution in [1.82, 2.24) is 0 Å². The highest BCUT2D eigenvalue weighted by atomic mass is 32.2. The third kappa shape index (κ3) is 2.92. The Bertz CT molecular complexity index is 845.